The molecule has 1 aromatic heterocycles. The molecule has 0 spiro atoms. The Morgan fingerprint density at radius 1 is 1.19 bits per heavy atom. The standard InChI is InChI=1S/C18H16FNO6/c1-18(2)25-16(21)13(17(22)26-18)9-20-11-5-6-15(14(19)8-11)24-10-12-4-3-7-23-12/h3-9,20H,10H2,1-2H3. The normalized spacial score (nSPS) is 15.9. The smallest absolute Gasteiger partial charge is 0.350 e. The highest BCUT2D eigenvalue weighted by atomic mass is 19.1. The SMILES string of the molecule is CC1(C)OC(=O)C(=CNc2ccc(OCc3ccco3)c(F)c2)C(=O)O1. The number of hydrogen-bond donors (Lipinski definition) is 1. The number of halogens is 1. The first-order valence-electron chi connectivity index (χ1n) is 7.72. The number of anilines is 1. The van der Waals surface area contributed by atoms with Gasteiger partial charge in [0.15, 0.2) is 17.1 Å². The molecule has 0 saturated carbocycles. The van der Waals surface area contributed by atoms with E-state index in [9.17, 15) is 14.0 Å². The van der Waals surface area contributed by atoms with E-state index in [0.717, 1.165) is 12.3 Å². The highest BCUT2D eigenvalue weighted by Gasteiger charge is 2.38. The summed E-state index contributed by atoms with van der Waals surface area (Å²) < 4.78 is 34.5. The number of carbonyl (C=O) groups is 2. The van der Waals surface area contributed by atoms with E-state index < -0.39 is 23.5 Å². The van der Waals surface area contributed by atoms with Gasteiger partial charge >= 0.3 is 11.9 Å². The summed E-state index contributed by atoms with van der Waals surface area (Å²) in [6, 6.07) is 7.53. The van der Waals surface area contributed by atoms with Gasteiger partial charge < -0.3 is 23.9 Å². The van der Waals surface area contributed by atoms with Gasteiger partial charge in [-0.05, 0) is 24.3 Å². The van der Waals surface area contributed by atoms with Crippen molar-refractivity contribution in [3.8, 4) is 5.75 Å². The molecule has 2 heterocycles. The first-order chi connectivity index (χ1) is 12.3. The van der Waals surface area contributed by atoms with Crippen molar-refractivity contribution in [1.82, 2.24) is 0 Å². The highest BCUT2D eigenvalue weighted by Crippen LogP contribution is 2.25. The third-order valence-corrected chi connectivity index (χ3v) is 3.38. The van der Waals surface area contributed by atoms with Crippen LogP contribution in [-0.4, -0.2) is 17.7 Å². The van der Waals surface area contributed by atoms with Crippen LogP contribution in [0.2, 0.25) is 0 Å². The second-order valence-corrected chi connectivity index (χ2v) is 5.89. The van der Waals surface area contributed by atoms with Crippen molar-refractivity contribution in [3.05, 3.63) is 59.9 Å². The molecule has 1 N–H and O–H groups in total. The van der Waals surface area contributed by atoms with E-state index in [1.807, 2.05) is 0 Å². The lowest BCUT2D eigenvalue weighted by molar-refractivity contribution is -0.222. The monoisotopic (exact) mass is 361 g/mol. The largest absolute Gasteiger partial charge is 0.483 e. The van der Waals surface area contributed by atoms with Crippen LogP contribution in [0.15, 0.2) is 52.8 Å². The molecule has 1 aliphatic heterocycles. The third kappa shape index (κ3) is 4.02. The van der Waals surface area contributed by atoms with Gasteiger partial charge in [0.05, 0.1) is 6.26 Å². The molecule has 26 heavy (non-hydrogen) atoms. The summed E-state index contributed by atoms with van der Waals surface area (Å²) in [6.45, 7) is 2.99. The number of furan rings is 1. The second kappa shape index (κ2) is 6.91. The zero-order valence-electron chi connectivity index (χ0n) is 14.1. The minimum absolute atomic E-state index is 0.0397. The summed E-state index contributed by atoms with van der Waals surface area (Å²) in [7, 11) is 0. The summed E-state index contributed by atoms with van der Waals surface area (Å²) in [4.78, 5) is 23.7. The van der Waals surface area contributed by atoms with Crippen molar-refractivity contribution in [2.24, 2.45) is 0 Å². The quantitative estimate of drug-likeness (QED) is 0.497. The fraction of sp³-hybridized carbons (Fsp3) is 0.222. The number of esters is 2. The molecule has 1 fully saturated rings. The maximum atomic E-state index is 14.1. The summed E-state index contributed by atoms with van der Waals surface area (Å²) in [5, 5.41) is 2.66. The fourth-order valence-electron chi connectivity index (χ4n) is 2.19. The van der Waals surface area contributed by atoms with Crippen molar-refractivity contribution in [2.45, 2.75) is 26.2 Å². The van der Waals surface area contributed by atoms with Crippen LogP contribution < -0.4 is 10.1 Å². The molecule has 0 radical (unpaired) electrons. The molecule has 1 aromatic carbocycles. The van der Waals surface area contributed by atoms with Gasteiger partial charge in [-0.2, -0.15) is 0 Å². The van der Waals surface area contributed by atoms with Gasteiger partial charge in [-0.1, -0.05) is 0 Å². The Bertz CT molecular complexity index is 835. The summed E-state index contributed by atoms with van der Waals surface area (Å²) in [5.74, 6) is -2.97. The zero-order chi connectivity index (χ0) is 18.7. The molecule has 0 bridgehead atoms. The number of hydrogen-bond acceptors (Lipinski definition) is 7. The van der Waals surface area contributed by atoms with E-state index in [0.29, 0.717) is 11.4 Å². The summed E-state index contributed by atoms with van der Waals surface area (Å²) in [6.07, 6.45) is 2.61. The average molecular weight is 361 g/mol. The molecule has 1 aliphatic rings. The van der Waals surface area contributed by atoms with Crippen LogP contribution in [0.5, 0.6) is 5.75 Å². The van der Waals surface area contributed by atoms with E-state index in [2.05, 4.69) is 5.32 Å². The Morgan fingerprint density at radius 3 is 2.54 bits per heavy atom. The third-order valence-electron chi connectivity index (χ3n) is 3.38. The number of benzene rings is 1. The molecule has 0 amide bonds. The van der Waals surface area contributed by atoms with Crippen LogP contribution in [0.1, 0.15) is 19.6 Å². The van der Waals surface area contributed by atoms with E-state index in [-0.39, 0.29) is 17.9 Å². The number of cyclic esters (lactones) is 2. The Hall–Kier alpha value is -3.29. The van der Waals surface area contributed by atoms with Crippen molar-refractivity contribution >= 4 is 17.6 Å². The van der Waals surface area contributed by atoms with E-state index in [1.54, 1.807) is 12.1 Å². The highest BCUT2D eigenvalue weighted by molar-refractivity contribution is 6.15. The predicted molar refractivity (Wildman–Crippen MR) is 87.4 cm³/mol. The first kappa shape index (κ1) is 17.5. The Kier molecular flexibility index (Phi) is 4.66. The molecule has 136 valence electrons. The van der Waals surface area contributed by atoms with Crippen molar-refractivity contribution in [3.63, 3.8) is 0 Å². The lowest BCUT2D eigenvalue weighted by Crippen LogP contribution is -2.42. The Labute approximate surface area is 148 Å². The summed E-state index contributed by atoms with van der Waals surface area (Å²) in [5.41, 5.74) is -0.00587. The lowest BCUT2D eigenvalue weighted by atomic mass is 10.2. The van der Waals surface area contributed by atoms with Gasteiger partial charge in [-0.25, -0.2) is 14.0 Å². The molecule has 0 atom stereocenters. The van der Waals surface area contributed by atoms with Gasteiger partial charge in [0.2, 0.25) is 0 Å². The van der Waals surface area contributed by atoms with Crippen molar-refractivity contribution < 1.29 is 32.6 Å². The molecule has 2 aromatic rings. The number of rotatable bonds is 5. The maximum absolute atomic E-state index is 14.1. The van der Waals surface area contributed by atoms with Gasteiger partial charge in [0, 0.05) is 31.8 Å². The van der Waals surface area contributed by atoms with Crippen LogP contribution in [0.4, 0.5) is 10.1 Å². The minimum atomic E-state index is -1.31. The Morgan fingerprint density at radius 2 is 1.92 bits per heavy atom. The molecular weight excluding hydrogens is 345 g/mol. The van der Waals surface area contributed by atoms with E-state index in [1.165, 1.54) is 32.2 Å². The van der Waals surface area contributed by atoms with E-state index in [4.69, 9.17) is 18.6 Å². The van der Waals surface area contributed by atoms with Gasteiger partial charge in [-0.3, -0.25) is 0 Å². The van der Waals surface area contributed by atoms with Crippen LogP contribution in [0.25, 0.3) is 0 Å². The molecule has 0 aliphatic carbocycles. The van der Waals surface area contributed by atoms with Crippen molar-refractivity contribution in [2.75, 3.05) is 5.32 Å². The number of carbonyl (C=O) groups excluding carboxylic acids is 2. The molecule has 7 nitrogen and oxygen atoms in total. The van der Waals surface area contributed by atoms with Gasteiger partial charge in [0.25, 0.3) is 5.79 Å². The van der Waals surface area contributed by atoms with E-state index >= 15 is 0 Å². The van der Waals surface area contributed by atoms with Crippen LogP contribution >= 0.6 is 0 Å². The van der Waals surface area contributed by atoms with Gasteiger partial charge in [0.1, 0.15) is 12.4 Å². The minimum Gasteiger partial charge on any atom is -0.483 e. The molecule has 8 heteroatoms. The fourth-order valence-corrected chi connectivity index (χ4v) is 2.19. The van der Waals surface area contributed by atoms with Crippen molar-refractivity contribution in [1.29, 1.82) is 0 Å². The number of ether oxygens (including phenoxy) is 3. The first-order valence-corrected chi connectivity index (χ1v) is 7.72. The average Bonchev–Trinajstić information content (AvgIpc) is 3.05. The maximum Gasteiger partial charge on any atom is 0.350 e. The van der Waals surface area contributed by atoms with Gasteiger partial charge in [-0.15, -0.1) is 0 Å². The number of nitrogens with one attached hydrogen (secondary N) is 1. The van der Waals surface area contributed by atoms with Crippen LogP contribution in [0.3, 0.4) is 0 Å². The van der Waals surface area contributed by atoms with Crippen LogP contribution in [0, 0.1) is 5.82 Å². The molecule has 3 rings (SSSR count). The zero-order valence-corrected chi connectivity index (χ0v) is 14.1. The summed E-state index contributed by atoms with van der Waals surface area (Å²) >= 11 is 0. The Balaban J connectivity index is 1.66. The molecular formula is C18H16FNO6. The van der Waals surface area contributed by atoms with Crippen LogP contribution in [-0.2, 0) is 25.7 Å². The molecule has 1 saturated heterocycles. The second-order valence-electron chi connectivity index (χ2n) is 5.89. The predicted octanol–water partition coefficient (Wildman–Crippen LogP) is 3.13. The lowest BCUT2D eigenvalue weighted by Gasteiger charge is -2.29. The topological polar surface area (TPSA) is 87.0 Å². The molecule has 0 unspecified atom stereocenters.